The third kappa shape index (κ3) is 6.12. The van der Waals surface area contributed by atoms with Crippen molar-refractivity contribution in [2.24, 2.45) is 5.10 Å². The Labute approximate surface area is 205 Å². The van der Waals surface area contributed by atoms with Gasteiger partial charge in [-0.3, -0.25) is 4.79 Å². The van der Waals surface area contributed by atoms with E-state index in [1.807, 2.05) is 12.1 Å². The third-order valence-corrected chi connectivity index (χ3v) is 6.17. The van der Waals surface area contributed by atoms with Crippen LogP contribution in [0.1, 0.15) is 34.3 Å². The van der Waals surface area contributed by atoms with Crippen LogP contribution in [0.4, 0.5) is 10.1 Å². The normalized spacial score (nSPS) is 13.5. The lowest BCUT2D eigenvalue weighted by molar-refractivity contribution is 0.0955. The second-order valence-corrected chi connectivity index (χ2v) is 8.93. The summed E-state index contributed by atoms with van der Waals surface area (Å²) in [6.07, 6.45) is 3.92. The summed E-state index contributed by atoms with van der Waals surface area (Å²) in [5, 5.41) is 4.43. The lowest BCUT2D eigenvalue weighted by atomic mass is 10.2. The molecule has 0 aliphatic carbocycles. The van der Waals surface area contributed by atoms with Crippen molar-refractivity contribution in [2.45, 2.75) is 19.4 Å². The second-order valence-electron chi connectivity index (χ2n) is 7.67. The number of nitrogens with zero attached hydrogens (tertiary/aromatic N) is 2. The fourth-order valence-electron chi connectivity index (χ4n) is 3.56. The molecule has 170 valence electrons. The average molecular weight is 531 g/mol. The fraction of sp³-hybridized carbons (Fsp3) is 0.200. The first-order valence-electron chi connectivity index (χ1n) is 10.5. The topological polar surface area (TPSA) is 53.9 Å². The Morgan fingerprint density at radius 1 is 1.12 bits per heavy atom. The van der Waals surface area contributed by atoms with Gasteiger partial charge >= 0.3 is 0 Å². The molecule has 5 nitrogen and oxygen atoms in total. The molecule has 1 amide bonds. The van der Waals surface area contributed by atoms with Crippen molar-refractivity contribution in [3.05, 3.63) is 92.7 Å². The summed E-state index contributed by atoms with van der Waals surface area (Å²) in [5.41, 5.74) is 5.72. The highest BCUT2D eigenvalue weighted by molar-refractivity contribution is 9.10. The van der Waals surface area contributed by atoms with Gasteiger partial charge in [-0.1, -0.05) is 23.7 Å². The predicted molar refractivity (Wildman–Crippen MR) is 133 cm³/mol. The summed E-state index contributed by atoms with van der Waals surface area (Å²) in [6.45, 7) is 2.37. The van der Waals surface area contributed by atoms with Gasteiger partial charge in [-0.15, -0.1) is 0 Å². The molecule has 1 saturated heterocycles. The molecule has 1 N–H and O–H groups in total. The first-order chi connectivity index (χ1) is 16.0. The first kappa shape index (κ1) is 23.3. The van der Waals surface area contributed by atoms with Crippen LogP contribution in [0, 0.1) is 5.82 Å². The van der Waals surface area contributed by atoms with E-state index < -0.39 is 0 Å². The molecule has 0 aromatic heterocycles. The number of hydrogen-bond acceptors (Lipinski definition) is 4. The highest BCUT2D eigenvalue weighted by Crippen LogP contribution is 2.34. The molecular weight excluding hydrogens is 509 g/mol. The Morgan fingerprint density at radius 3 is 2.48 bits per heavy atom. The van der Waals surface area contributed by atoms with Gasteiger partial charge in [0.05, 0.1) is 15.7 Å². The minimum Gasteiger partial charge on any atom is -0.486 e. The maximum absolute atomic E-state index is 13.0. The van der Waals surface area contributed by atoms with E-state index in [0.717, 1.165) is 24.3 Å². The number of ether oxygens (including phenoxy) is 1. The van der Waals surface area contributed by atoms with Crippen molar-refractivity contribution >= 4 is 45.3 Å². The highest BCUT2D eigenvalue weighted by Gasteiger charge is 2.13. The zero-order valence-electron chi connectivity index (χ0n) is 17.7. The van der Waals surface area contributed by atoms with Crippen molar-refractivity contribution in [3.8, 4) is 5.75 Å². The molecule has 4 rings (SSSR count). The van der Waals surface area contributed by atoms with Crippen molar-refractivity contribution in [1.82, 2.24) is 5.43 Å². The number of carbonyl (C=O) groups is 1. The number of carbonyl (C=O) groups excluding carboxylic acids is 1. The Kier molecular flexibility index (Phi) is 7.62. The molecule has 0 saturated carbocycles. The van der Waals surface area contributed by atoms with Gasteiger partial charge in [0, 0.05) is 24.3 Å². The number of hydrazone groups is 1. The van der Waals surface area contributed by atoms with E-state index >= 15 is 0 Å². The summed E-state index contributed by atoms with van der Waals surface area (Å²) in [6, 6.07) is 17.1. The number of nitrogens with one attached hydrogen (secondary N) is 1. The summed E-state index contributed by atoms with van der Waals surface area (Å²) >= 11 is 9.82. The SMILES string of the molecule is O=C(N/N=C\c1cc(Cl)c(OCc2ccc(F)cc2)c(Br)c1)c1ccc(N2CCCC2)cc1. The first-order valence-corrected chi connectivity index (χ1v) is 11.7. The summed E-state index contributed by atoms with van der Waals surface area (Å²) in [7, 11) is 0. The number of halogens is 3. The minimum atomic E-state index is -0.298. The maximum atomic E-state index is 13.0. The summed E-state index contributed by atoms with van der Waals surface area (Å²) in [4.78, 5) is 14.7. The Hall–Kier alpha value is -2.90. The van der Waals surface area contributed by atoms with Gasteiger partial charge < -0.3 is 9.64 Å². The number of rotatable bonds is 7. The van der Waals surface area contributed by atoms with Crippen molar-refractivity contribution in [3.63, 3.8) is 0 Å². The predicted octanol–water partition coefficient (Wildman–Crippen LogP) is 6.18. The Bertz CT molecular complexity index is 1120. The largest absolute Gasteiger partial charge is 0.486 e. The van der Waals surface area contributed by atoms with Crippen LogP contribution >= 0.6 is 27.5 Å². The lowest BCUT2D eigenvalue weighted by Gasteiger charge is -2.17. The van der Waals surface area contributed by atoms with Gasteiger partial charge in [-0.25, -0.2) is 9.82 Å². The van der Waals surface area contributed by atoms with Gasteiger partial charge in [0.15, 0.2) is 5.75 Å². The van der Waals surface area contributed by atoms with Crippen LogP contribution < -0.4 is 15.1 Å². The number of benzene rings is 3. The standard InChI is InChI=1S/C25H22BrClFN3O2/c26-22-13-18(14-23(27)24(22)33-16-17-3-7-20(28)8-4-17)15-29-30-25(32)19-5-9-21(10-6-19)31-11-1-2-12-31/h3-10,13-15H,1-2,11-12,16H2,(H,30,32)/b29-15-. The quantitative estimate of drug-likeness (QED) is 0.293. The number of amides is 1. The Morgan fingerprint density at radius 2 is 1.82 bits per heavy atom. The molecule has 3 aromatic carbocycles. The van der Waals surface area contributed by atoms with Gasteiger partial charge in [-0.05, 0) is 88.4 Å². The summed E-state index contributed by atoms with van der Waals surface area (Å²) in [5.74, 6) is -0.114. The second kappa shape index (κ2) is 10.8. The zero-order chi connectivity index (χ0) is 23.2. The molecule has 0 spiro atoms. The van der Waals surface area contributed by atoms with Crippen LogP contribution in [-0.4, -0.2) is 25.2 Å². The average Bonchev–Trinajstić information content (AvgIpc) is 3.35. The zero-order valence-corrected chi connectivity index (χ0v) is 20.1. The van der Waals surface area contributed by atoms with E-state index in [9.17, 15) is 9.18 Å². The number of hydrogen-bond donors (Lipinski definition) is 1. The molecule has 0 atom stereocenters. The van der Waals surface area contributed by atoms with Gasteiger partial charge in [-0.2, -0.15) is 5.10 Å². The van der Waals surface area contributed by atoms with Crippen molar-refractivity contribution in [2.75, 3.05) is 18.0 Å². The van der Waals surface area contributed by atoms with E-state index in [4.69, 9.17) is 16.3 Å². The van der Waals surface area contributed by atoms with Gasteiger partial charge in [0.2, 0.25) is 0 Å². The van der Waals surface area contributed by atoms with Crippen molar-refractivity contribution in [1.29, 1.82) is 0 Å². The van der Waals surface area contributed by atoms with Crippen LogP contribution in [0.2, 0.25) is 5.02 Å². The van der Waals surface area contributed by atoms with Crippen molar-refractivity contribution < 1.29 is 13.9 Å². The lowest BCUT2D eigenvalue weighted by Crippen LogP contribution is -2.19. The van der Waals surface area contributed by atoms with Crippen LogP contribution in [0.25, 0.3) is 0 Å². The van der Waals surface area contributed by atoms with E-state index in [0.29, 0.717) is 26.4 Å². The molecule has 1 fully saturated rings. The molecule has 0 unspecified atom stereocenters. The Balaban J connectivity index is 1.34. The molecule has 3 aromatic rings. The highest BCUT2D eigenvalue weighted by atomic mass is 79.9. The third-order valence-electron chi connectivity index (χ3n) is 5.30. The molecule has 1 aliphatic heterocycles. The fourth-order valence-corrected chi connectivity index (χ4v) is 4.55. The smallest absolute Gasteiger partial charge is 0.271 e. The molecule has 1 aliphatic rings. The monoisotopic (exact) mass is 529 g/mol. The molecule has 1 heterocycles. The molecule has 0 bridgehead atoms. The van der Waals surface area contributed by atoms with E-state index in [-0.39, 0.29) is 18.3 Å². The van der Waals surface area contributed by atoms with Crippen LogP contribution in [0.5, 0.6) is 5.75 Å². The van der Waals surface area contributed by atoms with E-state index in [1.165, 1.54) is 31.2 Å². The summed E-state index contributed by atoms with van der Waals surface area (Å²) < 4.78 is 19.5. The van der Waals surface area contributed by atoms with Gasteiger partial charge in [0.1, 0.15) is 12.4 Å². The van der Waals surface area contributed by atoms with Gasteiger partial charge in [0.25, 0.3) is 5.91 Å². The minimum absolute atomic E-state index is 0.249. The van der Waals surface area contributed by atoms with E-state index in [1.54, 1.807) is 36.4 Å². The molecule has 0 radical (unpaired) electrons. The van der Waals surface area contributed by atoms with Crippen LogP contribution in [0.15, 0.2) is 70.2 Å². The maximum Gasteiger partial charge on any atom is 0.271 e. The van der Waals surface area contributed by atoms with E-state index in [2.05, 4.69) is 31.4 Å². The molecular formula is C25H22BrClFN3O2. The molecule has 33 heavy (non-hydrogen) atoms. The molecule has 8 heteroatoms. The van der Waals surface area contributed by atoms with Crippen LogP contribution in [-0.2, 0) is 6.61 Å². The van der Waals surface area contributed by atoms with Crippen LogP contribution in [0.3, 0.4) is 0 Å². The number of anilines is 1.